The van der Waals surface area contributed by atoms with Crippen LogP contribution in [0.3, 0.4) is 0 Å². The summed E-state index contributed by atoms with van der Waals surface area (Å²) in [6.45, 7) is 0. The van der Waals surface area contributed by atoms with Crippen molar-refractivity contribution in [3.05, 3.63) is 69.9 Å². The van der Waals surface area contributed by atoms with Gasteiger partial charge in [0, 0.05) is 17.0 Å². The molecule has 0 radical (unpaired) electrons. The van der Waals surface area contributed by atoms with Crippen molar-refractivity contribution < 1.29 is 4.39 Å². The first-order valence-corrected chi connectivity index (χ1v) is 8.19. The number of rotatable bonds is 3. The maximum Gasteiger partial charge on any atom is 0.142 e. The second-order valence-corrected chi connectivity index (χ2v) is 6.70. The van der Waals surface area contributed by atoms with Crippen LogP contribution in [-0.4, -0.2) is 0 Å². The lowest BCUT2D eigenvalue weighted by atomic mass is 9.70. The minimum absolute atomic E-state index is 0.150. The highest BCUT2D eigenvalue weighted by molar-refractivity contribution is 9.10. The normalized spacial score (nSPS) is 18.6. The maximum absolute atomic E-state index is 14.5. The van der Waals surface area contributed by atoms with Gasteiger partial charge in [0.1, 0.15) is 5.82 Å². The van der Waals surface area contributed by atoms with Crippen LogP contribution in [0.2, 0.25) is 0 Å². The molecule has 3 heteroatoms. The van der Waals surface area contributed by atoms with E-state index in [1.54, 1.807) is 6.07 Å². The molecule has 2 aromatic rings. The Morgan fingerprint density at radius 2 is 1.67 bits per heavy atom. The van der Waals surface area contributed by atoms with Crippen LogP contribution in [0.25, 0.3) is 0 Å². The van der Waals surface area contributed by atoms with Crippen molar-refractivity contribution in [3.8, 4) is 0 Å². The summed E-state index contributed by atoms with van der Waals surface area (Å²) in [5, 5.41) is 0. The first kappa shape index (κ1) is 14.7. The Morgan fingerprint density at radius 1 is 1.00 bits per heavy atom. The average molecular weight is 348 g/mol. The van der Waals surface area contributed by atoms with Crippen molar-refractivity contribution in [2.75, 3.05) is 0 Å². The smallest absolute Gasteiger partial charge is 0.142 e. The second kappa shape index (κ2) is 5.90. The lowest BCUT2D eigenvalue weighted by Crippen LogP contribution is -2.37. The Bertz CT molecular complexity index is 620. The van der Waals surface area contributed by atoms with Crippen LogP contribution in [0.5, 0.6) is 0 Å². The van der Waals surface area contributed by atoms with Gasteiger partial charge >= 0.3 is 0 Å². The molecule has 0 bridgehead atoms. The summed E-state index contributed by atoms with van der Waals surface area (Å²) in [7, 11) is 0. The molecule has 1 saturated carbocycles. The van der Waals surface area contributed by atoms with Gasteiger partial charge in [-0.25, -0.2) is 4.39 Å². The minimum atomic E-state index is -0.320. The van der Waals surface area contributed by atoms with Crippen LogP contribution in [0, 0.1) is 5.82 Å². The van der Waals surface area contributed by atoms with Crippen LogP contribution in [0.4, 0.5) is 4.39 Å². The number of halogens is 2. The van der Waals surface area contributed by atoms with E-state index in [4.69, 9.17) is 5.73 Å². The molecule has 0 aromatic heterocycles. The zero-order chi connectivity index (χ0) is 14.9. The monoisotopic (exact) mass is 347 g/mol. The molecule has 1 atom stereocenters. The van der Waals surface area contributed by atoms with E-state index >= 15 is 0 Å². The van der Waals surface area contributed by atoms with Gasteiger partial charge in [-0.15, -0.1) is 0 Å². The number of nitrogens with two attached hydrogens (primary N) is 1. The van der Waals surface area contributed by atoms with Gasteiger partial charge in [0.15, 0.2) is 0 Å². The molecule has 0 spiro atoms. The molecule has 0 saturated heterocycles. The van der Waals surface area contributed by atoms with Crippen molar-refractivity contribution >= 4 is 15.9 Å². The highest BCUT2D eigenvalue weighted by Gasteiger charge is 2.42. The third kappa shape index (κ3) is 2.53. The summed E-state index contributed by atoms with van der Waals surface area (Å²) < 4.78 is 14.9. The Hall–Kier alpha value is -1.19. The van der Waals surface area contributed by atoms with Crippen LogP contribution >= 0.6 is 15.9 Å². The Labute approximate surface area is 133 Å². The molecule has 0 aliphatic heterocycles. The molecular weight excluding hydrogens is 329 g/mol. The van der Waals surface area contributed by atoms with Gasteiger partial charge in [-0.1, -0.05) is 55.3 Å². The molecule has 1 unspecified atom stereocenters. The quantitative estimate of drug-likeness (QED) is 0.821. The number of hydrogen-bond acceptors (Lipinski definition) is 1. The predicted molar refractivity (Wildman–Crippen MR) is 87.6 cm³/mol. The van der Waals surface area contributed by atoms with Crippen LogP contribution in [0.15, 0.2) is 53.0 Å². The molecule has 2 aromatic carbocycles. The molecule has 1 fully saturated rings. The Kier molecular flexibility index (Phi) is 4.14. The fraction of sp³-hybridized carbons (Fsp3) is 0.333. The highest BCUT2D eigenvalue weighted by atomic mass is 79.9. The largest absolute Gasteiger partial charge is 0.323 e. The standard InChI is InChI=1S/C18H19BrFN/c19-15-10-6-9-14(16(15)20)17(21)18(11-4-5-12-18)13-7-2-1-3-8-13/h1-3,6-10,17H,4-5,11-12,21H2. The van der Waals surface area contributed by atoms with Crippen LogP contribution in [-0.2, 0) is 5.41 Å². The summed E-state index contributed by atoms with van der Waals surface area (Å²) in [6, 6.07) is 15.4. The van der Waals surface area contributed by atoms with E-state index in [1.165, 1.54) is 5.56 Å². The molecule has 21 heavy (non-hydrogen) atoms. The first-order valence-electron chi connectivity index (χ1n) is 7.40. The van der Waals surface area contributed by atoms with Crippen molar-refractivity contribution in [2.45, 2.75) is 37.1 Å². The highest BCUT2D eigenvalue weighted by Crippen LogP contribution is 2.49. The summed E-state index contributed by atoms with van der Waals surface area (Å²) in [6.07, 6.45) is 4.34. The van der Waals surface area contributed by atoms with Crippen LogP contribution < -0.4 is 5.73 Å². The second-order valence-electron chi connectivity index (χ2n) is 5.85. The van der Waals surface area contributed by atoms with E-state index in [0.29, 0.717) is 10.0 Å². The topological polar surface area (TPSA) is 26.0 Å². The molecule has 0 amide bonds. The summed E-state index contributed by atoms with van der Waals surface area (Å²) in [5.41, 5.74) is 8.26. The van der Waals surface area contributed by atoms with Gasteiger partial charge in [0.2, 0.25) is 0 Å². The van der Waals surface area contributed by atoms with E-state index in [-0.39, 0.29) is 17.3 Å². The number of hydrogen-bond donors (Lipinski definition) is 1. The van der Waals surface area contributed by atoms with Crippen molar-refractivity contribution in [1.29, 1.82) is 0 Å². The molecule has 2 N–H and O–H groups in total. The van der Waals surface area contributed by atoms with Crippen molar-refractivity contribution in [1.82, 2.24) is 0 Å². The average Bonchev–Trinajstić information content (AvgIpc) is 3.01. The fourth-order valence-corrected chi connectivity index (χ4v) is 4.00. The summed E-state index contributed by atoms with van der Waals surface area (Å²) >= 11 is 3.27. The third-order valence-electron chi connectivity index (χ3n) is 4.76. The molecule has 1 aliphatic carbocycles. The molecular formula is C18H19BrFN. The van der Waals surface area contributed by atoms with Gasteiger partial charge in [-0.05, 0) is 40.4 Å². The van der Waals surface area contributed by atoms with E-state index in [2.05, 4.69) is 28.1 Å². The lowest BCUT2D eigenvalue weighted by molar-refractivity contribution is 0.347. The maximum atomic E-state index is 14.5. The predicted octanol–water partition coefficient (Wildman–Crippen LogP) is 5.10. The van der Waals surface area contributed by atoms with Gasteiger partial charge in [-0.3, -0.25) is 0 Å². The molecule has 1 nitrogen and oxygen atoms in total. The molecule has 3 rings (SSSR count). The van der Waals surface area contributed by atoms with Crippen LogP contribution in [0.1, 0.15) is 42.9 Å². The zero-order valence-corrected chi connectivity index (χ0v) is 13.4. The van der Waals surface area contributed by atoms with E-state index in [1.807, 2.05) is 30.3 Å². The first-order chi connectivity index (χ1) is 10.1. The lowest BCUT2D eigenvalue weighted by Gasteiger charge is -2.36. The molecule has 110 valence electrons. The molecule has 1 aliphatic rings. The Morgan fingerprint density at radius 3 is 2.33 bits per heavy atom. The SMILES string of the molecule is NC(c1cccc(Br)c1F)C1(c2ccccc2)CCCC1. The Balaban J connectivity index is 2.08. The van der Waals surface area contributed by atoms with E-state index in [0.717, 1.165) is 25.7 Å². The van der Waals surface area contributed by atoms with Gasteiger partial charge < -0.3 is 5.73 Å². The van der Waals surface area contributed by atoms with Gasteiger partial charge in [-0.2, -0.15) is 0 Å². The minimum Gasteiger partial charge on any atom is -0.323 e. The van der Waals surface area contributed by atoms with Gasteiger partial charge in [0.25, 0.3) is 0 Å². The van der Waals surface area contributed by atoms with E-state index < -0.39 is 0 Å². The number of benzene rings is 2. The van der Waals surface area contributed by atoms with Crippen molar-refractivity contribution in [2.24, 2.45) is 5.73 Å². The van der Waals surface area contributed by atoms with Gasteiger partial charge in [0.05, 0.1) is 4.47 Å². The fourth-order valence-electron chi connectivity index (χ4n) is 3.61. The molecule has 0 heterocycles. The zero-order valence-electron chi connectivity index (χ0n) is 11.9. The van der Waals surface area contributed by atoms with E-state index in [9.17, 15) is 4.39 Å². The van der Waals surface area contributed by atoms with Crippen molar-refractivity contribution in [3.63, 3.8) is 0 Å². The summed E-state index contributed by atoms with van der Waals surface area (Å²) in [4.78, 5) is 0. The summed E-state index contributed by atoms with van der Waals surface area (Å²) in [5.74, 6) is -0.229. The third-order valence-corrected chi connectivity index (χ3v) is 5.37.